The van der Waals surface area contributed by atoms with Gasteiger partial charge in [0.05, 0.1) is 5.56 Å². The Balaban J connectivity index is 1.50. The SMILES string of the molecule is CNc1cc(-n2ncnc2Nc2cc(NC(=O)Nc3ccc(F)c(C(F)(F)F)c3)ccc2C)ncn1. The van der Waals surface area contributed by atoms with Gasteiger partial charge >= 0.3 is 12.2 Å². The molecule has 0 aliphatic heterocycles. The average molecular weight is 501 g/mol. The van der Waals surface area contributed by atoms with Gasteiger partial charge in [0.25, 0.3) is 0 Å². The number of carbonyl (C=O) groups is 1. The lowest BCUT2D eigenvalue weighted by molar-refractivity contribution is -0.139. The van der Waals surface area contributed by atoms with Crippen molar-refractivity contribution in [2.24, 2.45) is 0 Å². The molecule has 0 bridgehead atoms. The van der Waals surface area contributed by atoms with E-state index in [1.807, 2.05) is 6.92 Å². The van der Waals surface area contributed by atoms with Gasteiger partial charge in [-0.3, -0.25) is 0 Å². The van der Waals surface area contributed by atoms with Crippen LogP contribution in [0.25, 0.3) is 5.82 Å². The lowest BCUT2D eigenvalue weighted by Crippen LogP contribution is -2.20. The maximum absolute atomic E-state index is 13.5. The summed E-state index contributed by atoms with van der Waals surface area (Å²) in [5.41, 5.74) is 0.0280. The van der Waals surface area contributed by atoms with E-state index in [0.717, 1.165) is 11.6 Å². The molecule has 2 heterocycles. The van der Waals surface area contributed by atoms with E-state index in [4.69, 9.17) is 0 Å². The minimum Gasteiger partial charge on any atom is -0.373 e. The first-order chi connectivity index (χ1) is 17.1. The minimum absolute atomic E-state index is 0.217. The first-order valence-corrected chi connectivity index (χ1v) is 10.4. The second kappa shape index (κ2) is 9.85. The Labute approximate surface area is 201 Å². The first-order valence-electron chi connectivity index (χ1n) is 10.4. The van der Waals surface area contributed by atoms with E-state index in [1.54, 1.807) is 31.3 Å². The molecule has 4 N–H and O–H groups in total. The monoisotopic (exact) mass is 501 g/mol. The number of hydrogen-bond acceptors (Lipinski definition) is 7. The fourth-order valence-electron chi connectivity index (χ4n) is 3.16. The molecule has 0 saturated carbocycles. The van der Waals surface area contributed by atoms with Gasteiger partial charge in [-0.05, 0) is 42.8 Å². The van der Waals surface area contributed by atoms with Crippen molar-refractivity contribution in [3.05, 3.63) is 72.1 Å². The number of amides is 2. The molecule has 2 aromatic heterocycles. The van der Waals surface area contributed by atoms with E-state index < -0.39 is 23.6 Å². The number of anilines is 5. The van der Waals surface area contributed by atoms with Gasteiger partial charge in [-0.15, -0.1) is 0 Å². The number of halogens is 4. The van der Waals surface area contributed by atoms with Gasteiger partial charge in [-0.2, -0.15) is 27.9 Å². The summed E-state index contributed by atoms with van der Waals surface area (Å²) in [6.07, 6.45) is -2.18. The first kappa shape index (κ1) is 24.4. The van der Waals surface area contributed by atoms with Crippen LogP contribution in [0, 0.1) is 12.7 Å². The molecular weight excluding hydrogens is 482 g/mol. The van der Waals surface area contributed by atoms with Crippen LogP contribution >= 0.6 is 0 Å². The van der Waals surface area contributed by atoms with Crippen LogP contribution in [0.15, 0.2) is 55.1 Å². The van der Waals surface area contributed by atoms with Gasteiger partial charge in [0.2, 0.25) is 5.95 Å². The van der Waals surface area contributed by atoms with Gasteiger partial charge in [0.1, 0.15) is 24.3 Å². The van der Waals surface area contributed by atoms with Crippen molar-refractivity contribution >= 4 is 34.9 Å². The molecular formula is C22H19F4N9O. The second-order valence-electron chi connectivity index (χ2n) is 7.43. The Morgan fingerprint density at radius 2 is 1.67 bits per heavy atom. The quantitative estimate of drug-likeness (QED) is 0.276. The van der Waals surface area contributed by atoms with Crippen LogP contribution in [0.4, 0.5) is 51.2 Å². The van der Waals surface area contributed by atoms with Crippen molar-refractivity contribution in [1.29, 1.82) is 0 Å². The molecule has 2 amide bonds. The molecule has 186 valence electrons. The van der Waals surface area contributed by atoms with Crippen LogP contribution < -0.4 is 21.3 Å². The van der Waals surface area contributed by atoms with E-state index in [9.17, 15) is 22.4 Å². The number of nitrogens with one attached hydrogen (secondary N) is 4. The number of urea groups is 1. The lowest BCUT2D eigenvalue weighted by atomic mass is 10.1. The van der Waals surface area contributed by atoms with Crippen LogP contribution in [0.2, 0.25) is 0 Å². The highest BCUT2D eigenvalue weighted by Crippen LogP contribution is 2.33. The fraction of sp³-hybridized carbons (Fsp3) is 0.136. The van der Waals surface area contributed by atoms with Crippen molar-refractivity contribution in [2.45, 2.75) is 13.1 Å². The number of aromatic nitrogens is 5. The lowest BCUT2D eigenvalue weighted by Gasteiger charge is -2.14. The number of nitrogens with zero attached hydrogens (tertiary/aromatic N) is 5. The highest BCUT2D eigenvalue weighted by Gasteiger charge is 2.34. The Hall–Kier alpha value is -4.75. The summed E-state index contributed by atoms with van der Waals surface area (Å²) in [6, 6.07) is 8.01. The highest BCUT2D eigenvalue weighted by molar-refractivity contribution is 6.00. The molecule has 10 nitrogen and oxygen atoms in total. The number of alkyl halides is 3. The summed E-state index contributed by atoms with van der Waals surface area (Å²) in [5.74, 6) is -0.0531. The molecule has 36 heavy (non-hydrogen) atoms. The van der Waals surface area contributed by atoms with Crippen molar-refractivity contribution in [2.75, 3.05) is 28.3 Å². The van der Waals surface area contributed by atoms with E-state index >= 15 is 0 Å². The molecule has 4 rings (SSSR count). The standard InChI is InChI=1S/C22H19F4N9O/c1-12-3-4-14(33-21(36)32-13-5-6-16(23)15(7-13)22(24,25)26)8-17(12)34-20-30-11-31-35(20)19-9-18(27-2)28-10-29-19/h3-11H,1-2H3,(H,27,28,29)(H,30,31,34)(H2,32,33,36). The fourth-order valence-corrected chi connectivity index (χ4v) is 3.16. The topological polar surface area (TPSA) is 122 Å². The molecule has 0 aliphatic carbocycles. The minimum atomic E-state index is -4.89. The van der Waals surface area contributed by atoms with Crippen LogP contribution in [0.3, 0.4) is 0 Å². The van der Waals surface area contributed by atoms with E-state index in [2.05, 4.69) is 41.3 Å². The molecule has 14 heteroatoms. The number of carbonyl (C=O) groups excluding carboxylic acids is 1. The normalized spacial score (nSPS) is 11.2. The van der Waals surface area contributed by atoms with Crippen LogP contribution in [-0.2, 0) is 6.18 Å². The van der Waals surface area contributed by atoms with Gasteiger partial charge in [-0.25, -0.2) is 19.2 Å². The maximum atomic E-state index is 13.5. The number of aryl methyl sites for hydroxylation is 1. The van der Waals surface area contributed by atoms with E-state index in [0.29, 0.717) is 41.1 Å². The third-order valence-corrected chi connectivity index (χ3v) is 4.95. The summed E-state index contributed by atoms with van der Waals surface area (Å²) in [7, 11) is 1.72. The molecule has 0 atom stereocenters. The van der Waals surface area contributed by atoms with Crippen LogP contribution in [-0.4, -0.2) is 37.8 Å². The zero-order valence-corrected chi connectivity index (χ0v) is 18.9. The molecule has 2 aromatic carbocycles. The number of rotatable bonds is 6. The van der Waals surface area contributed by atoms with Crippen LogP contribution in [0.5, 0.6) is 0 Å². The zero-order chi connectivity index (χ0) is 25.9. The highest BCUT2D eigenvalue weighted by atomic mass is 19.4. The van der Waals surface area contributed by atoms with Gasteiger partial charge in [0, 0.05) is 30.2 Å². The van der Waals surface area contributed by atoms with Crippen molar-refractivity contribution in [3.63, 3.8) is 0 Å². The Morgan fingerprint density at radius 3 is 2.39 bits per heavy atom. The summed E-state index contributed by atoms with van der Waals surface area (Å²) in [4.78, 5) is 24.8. The number of hydrogen-bond donors (Lipinski definition) is 4. The average Bonchev–Trinajstić information content (AvgIpc) is 3.30. The zero-order valence-electron chi connectivity index (χ0n) is 18.9. The third-order valence-electron chi connectivity index (χ3n) is 4.95. The Kier molecular flexibility index (Phi) is 6.67. The summed E-state index contributed by atoms with van der Waals surface area (Å²) < 4.78 is 53.7. The maximum Gasteiger partial charge on any atom is 0.419 e. The smallest absolute Gasteiger partial charge is 0.373 e. The van der Waals surface area contributed by atoms with Gasteiger partial charge in [-0.1, -0.05) is 6.07 Å². The van der Waals surface area contributed by atoms with E-state index in [-0.39, 0.29) is 5.69 Å². The third kappa shape index (κ3) is 5.48. The predicted molar refractivity (Wildman–Crippen MR) is 125 cm³/mol. The van der Waals surface area contributed by atoms with E-state index in [1.165, 1.54) is 17.3 Å². The van der Waals surface area contributed by atoms with Crippen molar-refractivity contribution in [1.82, 2.24) is 24.7 Å². The van der Waals surface area contributed by atoms with Crippen molar-refractivity contribution < 1.29 is 22.4 Å². The Morgan fingerprint density at radius 1 is 0.944 bits per heavy atom. The molecule has 0 saturated heterocycles. The summed E-state index contributed by atoms with van der Waals surface area (Å²) in [6.45, 7) is 1.83. The summed E-state index contributed by atoms with van der Waals surface area (Å²) in [5, 5.41) is 15.0. The number of benzene rings is 2. The molecule has 0 radical (unpaired) electrons. The summed E-state index contributed by atoms with van der Waals surface area (Å²) >= 11 is 0. The Bertz CT molecular complexity index is 1400. The second-order valence-corrected chi connectivity index (χ2v) is 7.43. The predicted octanol–water partition coefficient (Wildman–Crippen LogP) is 4.95. The van der Waals surface area contributed by atoms with Gasteiger partial charge < -0.3 is 21.3 Å². The largest absolute Gasteiger partial charge is 0.419 e. The van der Waals surface area contributed by atoms with Crippen LogP contribution in [0.1, 0.15) is 11.1 Å². The molecule has 0 spiro atoms. The van der Waals surface area contributed by atoms with Crippen molar-refractivity contribution in [3.8, 4) is 5.82 Å². The molecule has 0 unspecified atom stereocenters. The molecule has 0 aliphatic rings. The molecule has 0 fully saturated rings. The molecule has 4 aromatic rings. The van der Waals surface area contributed by atoms with Gasteiger partial charge in [0.15, 0.2) is 5.82 Å².